The summed E-state index contributed by atoms with van der Waals surface area (Å²) in [5, 5.41) is 2.94. The molecule has 1 N–H and O–H groups in total. The molecule has 350 valence electrons. The molecule has 0 unspecified atom stereocenters. The Kier molecular flexibility index (Phi) is 13.9. The number of aliphatic imine (C=N–C) groups is 1. The van der Waals surface area contributed by atoms with E-state index < -0.39 is 0 Å². The van der Waals surface area contributed by atoms with Gasteiger partial charge in [-0.05, 0) is 159 Å². The van der Waals surface area contributed by atoms with E-state index in [2.05, 4.69) is 53.3 Å². The Labute approximate surface area is 399 Å². The third-order valence-electron chi connectivity index (χ3n) is 13.7. The maximum atomic E-state index is 14.1. The molecule has 0 saturated carbocycles. The van der Waals surface area contributed by atoms with Gasteiger partial charge in [-0.25, -0.2) is 0 Å². The minimum absolute atomic E-state index is 0.0261. The molecule has 1 fully saturated rings. The summed E-state index contributed by atoms with van der Waals surface area (Å²) in [5.74, 6) is 2.27. The first-order chi connectivity index (χ1) is 33.0. The lowest BCUT2D eigenvalue weighted by Crippen LogP contribution is -2.32. The lowest BCUT2D eigenvalue weighted by atomic mass is 9.88. The number of rotatable bonds is 15. The first-order valence-corrected chi connectivity index (χ1v) is 23.9. The lowest BCUT2D eigenvalue weighted by molar-refractivity contribution is -0.118. The van der Waals surface area contributed by atoms with Crippen molar-refractivity contribution >= 4 is 52.4 Å². The lowest BCUT2D eigenvalue weighted by Gasteiger charge is -2.29. The Hall–Kier alpha value is -6.94. The fourth-order valence-electron chi connectivity index (χ4n) is 9.57. The summed E-state index contributed by atoms with van der Waals surface area (Å²) in [6.07, 6.45) is 17.7. The summed E-state index contributed by atoms with van der Waals surface area (Å²) in [7, 11) is 5.35. The number of ketones is 1. The van der Waals surface area contributed by atoms with Crippen LogP contribution < -0.4 is 24.3 Å². The average molecular weight is 913 g/mol. The zero-order valence-electron chi connectivity index (χ0n) is 39.7. The van der Waals surface area contributed by atoms with E-state index in [0.717, 1.165) is 77.9 Å². The molecule has 0 radical (unpaired) electrons. The van der Waals surface area contributed by atoms with Crippen LogP contribution in [-0.4, -0.2) is 87.2 Å². The van der Waals surface area contributed by atoms with E-state index in [4.69, 9.17) is 23.9 Å². The van der Waals surface area contributed by atoms with E-state index in [9.17, 15) is 14.4 Å². The number of methoxy groups -OCH3 is 2. The molecular formula is C57H60N4O7. The molecule has 2 atom stereocenters. The van der Waals surface area contributed by atoms with Crippen molar-refractivity contribution in [3.05, 3.63) is 142 Å². The van der Waals surface area contributed by atoms with Crippen molar-refractivity contribution in [3.63, 3.8) is 0 Å². The van der Waals surface area contributed by atoms with Crippen LogP contribution in [-0.2, 0) is 4.79 Å². The molecule has 4 aromatic rings. The van der Waals surface area contributed by atoms with Crippen LogP contribution in [0.2, 0.25) is 0 Å². The monoisotopic (exact) mass is 912 g/mol. The van der Waals surface area contributed by atoms with Crippen molar-refractivity contribution in [2.24, 2.45) is 16.8 Å². The van der Waals surface area contributed by atoms with Crippen LogP contribution in [0.25, 0.3) is 17.2 Å². The number of anilines is 1. The number of hydrogen-bond acceptors (Lipinski definition) is 9. The summed E-state index contributed by atoms with van der Waals surface area (Å²) < 4.78 is 23.9. The van der Waals surface area contributed by atoms with Crippen molar-refractivity contribution in [1.82, 2.24) is 9.80 Å². The standard InChI is InChI=1S/C57H60N4O7/c1-36(2)56(63)59-46-18-16-38(17-19-46)42-26-43-29-51(62)49-32-53(66-5)55(33-50(49)58-34-44(43)27-42)68-25-8-6-7-24-67-54-30-41-10-9-11-47-28-45(35-61(47)57(64)48(41)31-52(54)65-4)39-14-12-37(13-15-39)40-20-22-60(3)23-21-40/h10-19,26,29-36,40,44,47H,6-8,20-25,27-28H2,1-5H3,(H,59,63)/b43-29-,58-34-/t9?,44-,47+/m0/s1. The van der Waals surface area contributed by atoms with Gasteiger partial charge in [-0.1, -0.05) is 56.3 Å². The number of piperidine rings is 1. The number of allylic oxidation sites excluding steroid dienone is 4. The fourth-order valence-corrected chi connectivity index (χ4v) is 9.57. The molecule has 11 heteroatoms. The van der Waals surface area contributed by atoms with E-state index >= 15 is 0 Å². The van der Waals surface area contributed by atoms with Crippen LogP contribution in [0.3, 0.4) is 0 Å². The average Bonchev–Trinajstić information content (AvgIpc) is 3.96. The van der Waals surface area contributed by atoms with Gasteiger partial charge in [-0.15, -0.1) is 5.73 Å². The Balaban J connectivity index is 0.775. The van der Waals surface area contributed by atoms with Crippen LogP contribution in [0, 0.1) is 11.8 Å². The van der Waals surface area contributed by atoms with Crippen LogP contribution in [0.15, 0.2) is 114 Å². The minimum Gasteiger partial charge on any atom is -0.493 e. The molecular weight excluding hydrogens is 853 g/mol. The van der Waals surface area contributed by atoms with E-state index in [1.165, 1.54) is 18.4 Å². The van der Waals surface area contributed by atoms with Gasteiger partial charge in [-0.2, -0.15) is 0 Å². The molecule has 1 saturated heterocycles. The molecule has 4 heterocycles. The van der Waals surface area contributed by atoms with Crippen molar-refractivity contribution in [2.45, 2.75) is 70.8 Å². The highest BCUT2D eigenvalue weighted by Gasteiger charge is 2.32. The fraction of sp³-hybridized carbons (Fsp3) is 0.351. The van der Waals surface area contributed by atoms with Gasteiger partial charge >= 0.3 is 0 Å². The summed E-state index contributed by atoms with van der Waals surface area (Å²) in [6, 6.07) is 23.8. The number of hydrogen-bond donors (Lipinski definition) is 1. The molecule has 0 spiro atoms. The van der Waals surface area contributed by atoms with Gasteiger partial charge in [0, 0.05) is 36.0 Å². The third kappa shape index (κ3) is 10.1. The molecule has 4 aliphatic heterocycles. The van der Waals surface area contributed by atoms with E-state index in [-0.39, 0.29) is 35.5 Å². The van der Waals surface area contributed by atoms with Crippen LogP contribution in [0.4, 0.5) is 11.4 Å². The van der Waals surface area contributed by atoms with Gasteiger partial charge in [0.25, 0.3) is 5.91 Å². The molecule has 0 aromatic heterocycles. The molecule has 9 rings (SSSR count). The second-order valence-electron chi connectivity index (χ2n) is 18.7. The van der Waals surface area contributed by atoms with Crippen LogP contribution in [0.1, 0.15) is 108 Å². The summed E-state index contributed by atoms with van der Waals surface area (Å²) in [5.41, 5.74) is 13.1. The zero-order chi connectivity index (χ0) is 47.3. The topological polar surface area (TPSA) is 119 Å². The Morgan fingerprint density at radius 3 is 2.15 bits per heavy atom. The van der Waals surface area contributed by atoms with Crippen LogP contribution in [0.5, 0.6) is 23.0 Å². The van der Waals surface area contributed by atoms with Gasteiger partial charge in [0.15, 0.2) is 28.8 Å². The molecule has 2 amide bonds. The molecule has 1 aliphatic carbocycles. The van der Waals surface area contributed by atoms with Gasteiger partial charge in [0.05, 0.1) is 50.3 Å². The van der Waals surface area contributed by atoms with Gasteiger partial charge < -0.3 is 34.1 Å². The molecule has 0 bridgehead atoms. The summed E-state index contributed by atoms with van der Waals surface area (Å²) >= 11 is 0. The molecule has 11 nitrogen and oxygen atoms in total. The predicted molar refractivity (Wildman–Crippen MR) is 268 cm³/mol. The number of carbonyl (C=O) groups is 3. The van der Waals surface area contributed by atoms with Crippen LogP contribution >= 0.6 is 0 Å². The minimum atomic E-state index is -0.141. The van der Waals surface area contributed by atoms with Crippen molar-refractivity contribution in [1.29, 1.82) is 0 Å². The summed E-state index contributed by atoms with van der Waals surface area (Å²) in [6.45, 7) is 6.88. The van der Waals surface area contributed by atoms with Gasteiger partial charge in [0.1, 0.15) is 0 Å². The SMILES string of the molecule is COc1cc2c(cc1OCCCCCOc1cc3c(cc1OC)C(=O)/C=C1/C=C(c4ccc(NC(=O)C(C)C)cc4)C[C@H]1/C=N\3)C=C=C[C@@H]1CC(c3ccc(C4CCN(C)CC4)cc3)=CN1C2=O. The zero-order valence-corrected chi connectivity index (χ0v) is 39.7. The third-order valence-corrected chi connectivity index (χ3v) is 13.7. The molecule has 4 aromatic carbocycles. The van der Waals surface area contributed by atoms with E-state index in [1.54, 1.807) is 38.5 Å². The van der Waals surface area contributed by atoms with Crippen molar-refractivity contribution < 1.29 is 33.3 Å². The van der Waals surface area contributed by atoms with E-state index in [1.807, 2.05) is 73.6 Å². The first kappa shape index (κ1) is 46.2. The van der Waals surface area contributed by atoms with Crippen molar-refractivity contribution in [3.8, 4) is 23.0 Å². The second kappa shape index (κ2) is 20.5. The van der Waals surface area contributed by atoms with Gasteiger partial charge in [-0.3, -0.25) is 19.4 Å². The normalized spacial score (nSPS) is 20.1. The number of carbonyl (C=O) groups excluding carboxylic acids is 3. The quantitative estimate of drug-likeness (QED) is 0.0925. The predicted octanol–water partition coefficient (Wildman–Crippen LogP) is 11.1. The maximum absolute atomic E-state index is 14.1. The smallest absolute Gasteiger partial charge is 0.259 e. The number of amides is 2. The first-order valence-electron chi connectivity index (χ1n) is 23.9. The Morgan fingerprint density at radius 1 is 0.794 bits per heavy atom. The highest BCUT2D eigenvalue weighted by molar-refractivity contribution is 6.11. The van der Waals surface area contributed by atoms with Crippen molar-refractivity contribution in [2.75, 3.05) is 52.9 Å². The number of benzene rings is 4. The highest BCUT2D eigenvalue weighted by atomic mass is 16.5. The maximum Gasteiger partial charge on any atom is 0.259 e. The number of ether oxygens (including phenoxy) is 4. The van der Waals surface area contributed by atoms with Gasteiger partial charge in [0.2, 0.25) is 5.91 Å². The number of nitrogens with one attached hydrogen (secondary N) is 1. The largest absolute Gasteiger partial charge is 0.493 e. The number of unbranched alkanes of at least 4 members (excludes halogenated alkanes) is 2. The second-order valence-corrected chi connectivity index (χ2v) is 18.7. The molecule has 68 heavy (non-hydrogen) atoms. The highest BCUT2D eigenvalue weighted by Crippen LogP contribution is 2.42. The van der Waals surface area contributed by atoms with E-state index in [0.29, 0.717) is 65.4 Å². The number of likely N-dealkylation sites (tertiary alicyclic amines) is 1. The number of nitrogens with zero attached hydrogens (tertiary/aromatic N) is 3. The molecule has 5 aliphatic rings. The number of fused-ring (bicyclic) bond motifs is 4. The Morgan fingerprint density at radius 2 is 1.46 bits per heavy atom. The Bertz CT molecular complexity index is 2770. The summed E-state index contributed by atoms with van der Waals surface area (Å²) in [4.78, 5) is 48.9.